The van der Waals surface area contributed by atoms with Gasteiger partial charge in [-0.1, -0.05) is 41.9 Å². The maximum Gasteiger partial charge on any atom is 0.292 e. The summed E-state index contributed by atoms with van der Waals surface area (Å²) >= 11 is 5.96. The van der Waals surface area contributed by atoms with E-state index in [9.17, 15) is 9.59 Å². The van der Waals surface area contributed by atoms with Gasteiger partial charge in [0.05, 0.1) is 11.6 Å². The Kier molecular flexibility index (Phi) is 4.29. The average molecular weight is 367 g/mol. The molecular formula is C21H19ClN2O2. The zero-order valence-electron chi connectivity index (χ0n) is 14.4. The fraction of sp³-hybridized carbons (Fsp3) is 0.238. The Morgan fingerprint density at radius 2 is 1.81 bits per heavy atom. The van der Waals surface area contributed by atoms with Crippen molar-refractivity contribution in [3.63, 3.8) is 0 Å². The third-order valence-corrected chi connectivity index (χ3v) is 5.19. The summed E-state index contributed by atoms with van der Waals surface area (Å²) in [6.07, 6.45) is 2.10. The normalized spacial score (nSPS) is 15.0. The number of hydrogen-bond acceptors (Lipinski definition) is 2. The lowest BCUT2D eigenvalue weighted by atomic mass is 10.0. The summed E-state index contributed by atoms with van der Waals surface area (Å²) < 4.78 is 0. The number of halogens is 1. The molecule has 1 aliphatic rings. The number of nitrogens with one attached hydrogen (secondary N) is 2. The Morgan fingerprint density at radius 3 is 2.50 bits per heavy atom. The molecule has 1 aromatic heterocycles. The fourth-order valence-corrected chi connectivity index (χ4v) is 3.59. The summed E-state index contributed by atoms with van der Waals surface area (Å²) in [6, 6.07) is 14.8. The Morgan fingerprint density at radius 1 is 1.12 bits per heavy atom. The molecule has 0 bridgehead atoms. The third kappa shape index (κ3) is 3.13. The van der Waals surface area contributed by atoms with E-state index in [0.717, 1.165) is 29.3 Å². The zero-order valence-corrected chi connectivity index (χ0v) is 15.1. The van der Waals surface area contributed by atoms with Crippen LogP contribution in [0.15, 0.2) is 48.5 Å². The van der Waals surface area contributed by atoms with E-state index in [-0.39, 0.29) is 6.04 Å². The summed E-state index contributed by atoms with van der Waals surface area (Å²) in [6.45, 7) is 1.82. The summed E-state index contributed by atoms with van der Waals surface area (Å²) in [7, 11) is 0. The van der Waals surface area contributed by atoms with Crippen molar-refractivity contribution < 1.29 is 9.59 Å². The van der Waals surface area contributed by atoms with E-state index in [1.54, 1.807) is 0 Å². The maximum absolute atomic E-state index is 12.9. The van der Waals surface area contributed by atoms with Crippen LogP contribution < -0.4 is 5.32 Å². The summed E-state index contributed by atoms with van der Waals surface area (Å²) in [5, 5.41) is 4.38. The van der Waals surface area contributed by atoms with Crippen LogP contribution in [-0.4, -0.2) is 16.7 Å². The minimum Gasteiger partial charge on any atom is -0.358 e. The minimum atomic E-state index is -0.565. The molecule has 1 atom stereocenters. The van der Waals surface area contributed by atoms with E-state index in [4.69, 9.17) is 11.6 Å². The van der Waals surface area contributed by atoms with Crippen molar-refractivity contribution in [1.29, 1.82) is 0 Å². The van der Waals surface area contributed by atoms with E-state index in [1.807, 2.05) is 55.5 Å². The molecule has 26 heavy (non-hydrogen) atoms. The molecule has 0 saturated heterocycles. The number of fused-ring (bicyclic) bond motifs is 1. The number of Topliss-reactive ketones (excluding diaryl/α,β-unsaturated/α-hetero) is 1. The SMILES string of the molecule is Cc1[nH]c2ccccc2c1C(=O)C(=O)NC(c1ccc(Cl)cc1)C1CC1. The average Bonchev–Trinajstić information content (AvgIpc) is 3.41. The topological polar surface area (TPSA) is 62.0 Å². The molecule has 1 aliphatic carbocycles. The Hall–Kier alpha value is -2.59. The van der Waals surface area contributed by atoms with Crippen molar-refractivity contribution >= 4 is 34.2 Å². The molecule has 2 aromatic carbocycles. The molecule has 5 heteroatoms. The molecule has 2 N–H and O–H groups in total. The molecule has 4 rings (SSSR count). The van der Waals surface area contributed by atoms with Crippen LogP contribution in [0.3, 0.4) is 0 Å². The first-order chi connectivity index (χ1) is 12.5. The van der Waals surface area contributed by atoms with Crippen LogP contribution in [0.5, 0.6) is 0 Å². The minimum absolute atomic E-state index is 0.158. The van der Waals surface area contributed by atoms with Gasteiger partial charge in [0.15, 0.2) is 0 Å². The van der Waals surface area contributed by atoms with Crippen molar-refractivity contribution in [3.8, 4) is 0 Å². The first-order valence-corrected chi connectivity index (χ1v) is 9.10. The number of rotatable bonds is 5. The van der Waals surface area contributed by atoms with Gasteiger partial charge in [-0.05, 0) is 49.4 Å². The molecule has 0 aliphatic heterocycles. The first kappa shape index (κ1) is 16.9. The van der Waals surface area contributed by atoms with Gasteiger partial charge in [0.2, 0.25) is 0 Å². The number of carbonyl (C=O) groups is 2. The number of para-hydroxylation sites is 1. The highest BCUT2D eigenvalue weighted by atomic mass is 35.5. The monoisotopic (exact) mass is 366 g/mol. The lowest BCUT2D eigenvalue weighted by molar-refractivity contribution is -0.117. The van der Waals surface area contributed by atoms with Crippen LogP contribution in [0, 0.1) is 12.8 Å². The van der Waals surface area contributed by atoms with Crippen molar-refractivity contribution in [2.24, 2.45) is 5.92 Å². The maximum atomic E-state index is 12.9. The van der Waals surface area contributed by atoms with E-state index in [2.05, 4.69) is 10.3 Å². The van der Waals surface area contributed by atoms with Crippen LogP contribution in [0.1, 0.15) is 40.5 Å². The van der Waals surface area contributed by atoms with Gasteiger partial charge < -0.3 is 10.3 Å². The summed E-state index contributed by atoms with van der Waals surface area (Å²) in [5.74, 6) is -0.693. The van der Waals surface area contributed by atoms with Gasteiger partial charge >= 0.3 is 0 Å². The predicted octanol–water partition coefficient (Wildman–Crippen LogP) is 4.58. The lowest BCUT2D eigenvalue weighted by Crippen LogP contribution is -2.35. The lowest BCUT2D eigenvalue weighted by Gasteiger charge is -2.18. The molecule has 1 saturated carbocycles. The molecule has 3 aromatic rings. The predicted molar refractivity (Wildman–Crippen MR) is 102 cm³/mol. The molecule has 0 spiro atoms. The van der Waals surface area contributed by atoms with E-state index in [1.165, 1.54) is 0 Å². The number of H-pyrrole nitrogens is 1. The van der Waals surface area contributed by atoms with Gasteiger partial charge in [-0.15, -0.1) is 0 Å². The van der Waals surface area contributed by atoms with Gasteiger partial charge in [-0.25, -0.2) is 0 Å². The molecule has 1 heterocycles. The largest absolute Gasteiger partial charge is 0.358 e. The van der Waals surface area contributed by atoms with Crippen molar-refractivity contribution in [2.45, 2.75) is 25.8 Å². The van der Waals surface area contributed by atoms with E-state index >= 15 is 0 Å². The molecule has 1 fully saturated rings. The highest BCUT2D eigenvalue weighted by Crippen LogP contribution is 2.41. The van der Waals surface area contributed by atoms with Crippen LogP contribution in [0.25, 0.3) is 10.9 Å². The van der Waals surface area contributed by atoms with Gasteiger partial charge in [0.25, 0.3) is 11.7 Å². The van der Waals surface area contributed by atoms with Crippen molar-refractivity contribution in [2.75, 3.05) is 0 Å². The second-order valence-electron chi connectivity index (χ2n) is 6.84. The fourth-order valence-electron chi connectivity index (χ4n) is 3.46. The number of aromatic nitrogens is 1. The van der Waals surface area contributed by atoms with Crippen LogP contribution >= 0.6 is 11.6 Å². The van der Waals surface area contributed by atoms with Crippen LogP contribution in [0.4, 0.5) is 0 Å². The number of carbonyl (C=O) groups excluding carboxylic acids is 2. The Labute approximate surface area is 156 Å². The number of ketones is 1. The van der Waals surface area contributed by atoms with Gasteiger partial charge in [0, 0.05) is 21.6 Å². The van der Waals surface area contributed by atoms with E-state index < -0.39 is 11.7 Å². The highest BCUT2D eigenvalue weighted by molar-refractivity contribution is 6.45. The van der Waals surface area contributed by atoms with Gasteiger partial charge in [-0.3, -0.25) is 9.59 Å². The third-order valence-electron chi connectivity index (χ3n) is 4.94. The Bertz CT molecular complexity index is 987. The summed E-state index contributed by atoms with van der Waals surface area (Å²) in [5.41, 5.74) is 3.00. The number of amides is 1. The number of hydrogen-bond donors (Lipinski definition) is 2. The van der Waals surface area contributed by atoms with Crippen LogP contribution in [0.2, 0.25) is 5.02 Å². The van der Waals surface area contributed by atoms with Crippen molar-refractivity contribution in [1.82, 2.24) is 10.3 Å². The molecular weight excluding hydrogens is 348 g/mol. The second kappa shape index (κ2) is 6.61. The molecule has 0 radical (unpaired) electrons. The number of aryl methyl sites for hydroxylation is 1. The molecule has 1 amide bonds. The van der Waals surface area contributed by atoms with Crippen LogP contribution in [-0.2, 0) is 4.79 Å². The van der Waals surface area contributed by atoms with Crippen molar-refractivity contribution in [3.05, 3.63) is 70.4 Å². The smallest absolute Gasteiger partial charge is 0.292 e. The van der Waals surface area contributed by atoms with Gasteiger partial charge in [0.1, 0.15) is 0 Å². The first-order valence-electron chi connectivity index (χ1n) is 8.72. The summed E-state index contributed by atoms with van der Waals surface area (Å²) in [4.78, 5) is 28.7. The zero-order chi connectivity index (χ0) is 18.3. The second-order valence-corrected chi connectivity index (χ2v) is 7.28. The van der Waals surface area contributed by atoms with E-state index in [0.29, 0.717) is 22.2 Å². The number of aromatic amines is 1. The standard InChI is InChI=1S/C21H19ClN2O2/c1-12-18(16-4-2-3-5-17(16)23-12)20(25)21(26)24-19(13-6-7-13)14-8-10-15(22)11-9-14/h2-5,8-11,13,19,23H,6-7H2,1H3,(H,24,26). The molecule has 4 nitrogen and oxygen atoms in total. The highest BCUT2D eigenvalue weighted by Gasteiger charge is 2.35. The molecule has 132 valence electrons. The quantitative estimate of drug-likeness (QED) is 0.513. The Balaban J connectivity index is 1.61. The molecule has 1 unspecified atom stereocenters. The number of benzene rings is 2. The van der Waals surface area contributed by atoms with Gasteiger partial charge in [-0.2, -0.15) is 0 Å².